The molecular formula is C20H15ClN2O4S. The number of aromatic carboxylic acids is 1. The maximum Gasteiger partial charge on any atom is 0.371 e. The first-order valence-electron chi connectivity index (χ1n) is 8.15. The van der Waals surface area contributed by atoms with Crippen LogP contribution in [0.3, 0.4) is 0 Å². The van der Waals surface area contributed by atoms with Crippen LogP contribution in [0.2, 0.25) is 5.02 Å². The molecule has 0 atom stereocenters. The molecule has 1 heterocycles. The number of carboxylic acids is 1. The number of amides is 1. The van der Waals surface area contributed by atoms with Crippen molar-refractivity contribution in [2.24, 2.45) is 0 Å². The maximum absolute atomic E-state index is 12.2. The Labute approximate surface area is 171 Å². The van der Waals surface area contributed by atoms with Crippen LogP contribution in [0.1, 0.15) is 26.5 Å². The van der Waals surface area contributed by atoms with Gasteiger partial charge in [0.1, 0.15) is 5.76 Å². The zero-order valence-corrected chi connectivity index (χ0v) is 16.2. The molecule has 0 saturated carbocycles. The van der Waals surface area contributed by atoms with E-state index in [2.05, 4.69) is 10.6 Å². The molecule has 3 rings (SSSR count). The first kappa shape index (κ1) is 19.6. The lowest BCUT2D eigenvalue weighted by Crippen LogP contribution is -2.34. The molecule has 3 N–H and O–H groups in total. The van der Waals surface area contributed by atoms with Gasteiger partial charge in [-0.05, 0) is 61.6 Å². The molecule has 8 heteroatoms. The smallest absolute Gasteiger partial charge is 0.371 e. The van der Waals surface area contributed by atoms with Crippen molar-refractivity contribution >= 4 is 46.5 Å². The van der Waals surface area contributed by atoms with Crippen molar-refractivity contribution in [2.45, 2.75) is 6.92 Å². The van der Waals surface area contributed by atoms with Crippen LogP contribution in [0.15, 0.2) is 59.0 Å². The molecule has 0 aliphatic heterocycles. The Morgan fingerprint density at radius 3 is 2.43 bits per heavy atom. The van der Waals surface area contributed by atoms with E-state index in [1.165, 1.54) is 12.1 Å². The molecule has 28 heavy (non-hydrogen) atoms. The predicted molar refractivity (Wildman–Crippen MR) is 111 cm³/mol. The van der Waals surface area contributed by atoms with Crippen molar-refractivity contribution in [3.63, 3.8) is 0 Å². The summed E-state index contributed by atoms with van der Waals surface area (Å²) in [5.41, 5.74) is 2.59. The van der Waals surface area contributed by atoms with E-state index in [1.54, 1.807) is 30.3 Å². The van der Waals surface area contributed by atoms with Crippen LogP contribution in [0.25, 0.3) is 11.3 Å². The Bertz CT molecular complexity index is 1060. The molecule has 3 aromatic rings. The number of hydrogen-bond donors (Lipinski definition) is 3. The summed E-state index contributed by atoms with van der Waals surface area (Å²) < 4.78 is 5.29. The van der Waals surface area contributed by atoms with Crippen molar-refractivity contribution in [3.05, 3.63) is 76.5 Å². The lowest BCUT2D eigenvalue weighted by Gasteiger charge is -2.11. The zero-order chi connectivity index (χ0) is 20.3. The van der Waals surface area contributed by atoms with Gasteiger partial charge in [-0.1, -0.05) is 29.3 Å². The molecule has 6 nitrogen and oxygen atoms in total. The number of carbonyl (C=O) groups is 2. The van der Waals surface area contributed by atoms with Gasteiger partial charge < -0.3 is 14.8 Å². The number of anilines is 1. The molecular weight excluding hydrogens is 400 g/mol. The first-order valence-corrected chi connectivity index (χ1v) is 8.94. The van der Waals surface area contributed by atoms with Crippen LogP contribution in [0, 0.1) is 6.92 Å². The third kappa shape index (κ3) is 4.57. The molecule has 0 aliphatic carbocycles. The largest absolute Gasteiger partial charge is 0.475 e. The van der Waals surface area contributed by atoms with Gasteiger partial charge in [0, 0.05) is 16.8 Å². The molecule has 142 valence electrons. The lowest BCUT2D eigenvalue weighted by atomic mass is 10.1. The number of furan rings is 1. The van der Waals surface area contributed by atoms with Crippen LogP contribution < -0.4 is 10.6 Å². The summed E-state index contributed by atoms with van der Waals surface area (Å²) in [6.07, 6.45) is 0. The number of rotatable bonds is 4. The second-order valence-electron chi connectivity index (χ2n) is 5.94. The van der Waals surface area contributed by atoms with Gasteiger partial charge in [-0.15, -0.1) is 0 Å². The van der Waals surface area contributed by atoms with E-state index >= 15 is 0 Å². The van der Waals surface area contributed by atoms with Gasteiger partial charge in [0.2, 0.25) is 5.76 Å². The van der Waals surface area contributed by atoms with Crippen LogP contribution in [0.5, 0.6) is 0 Å². The summed E-state index contributed by atoms with van der Waals surface area (Å²) in [5, 5.41) is 15.0. The summed E-state index contributed by atoms with van der Waals surface area (Å²) in [6.45, 7) is 1.93. The number of halogens is 1. The van der Waals surface area contributed by atoms with Gasteiger partial charge in [-0.3, -0.25) is 10.1 Å². The Balaban J connectivity index is 1.73. The van der Waals surface area contributed by atoms with E-state index in [0.29, 0.717) is 27.6 Å². The fraction of sp³-hybridized carbons (Fsp3) is 0.0500. The highest BCUT2D eigenvalue weighted by Gasteiger charge is 2.14. The van der Waals surface area contributed by atoms with Gasteiger partial charge in [0.05, 0.1) is 5.02 Å². The Morgan fingerprint density at radius 1 is 1.07 bits per heavy atom. The SMILES string of the molecule is Cc1ccc(C(=O)NC(=S)Nc2ccc(Cl)c(-c3ccc(C(=O)O)o3)c2)cc1. The van der Waals surface area contributed by atoms with E-state index in [1.807, 2.05) is 19.1 Å². The summed E-state index contributed by atoms with van der Waals surface area (Å²) >= 11 is 11.4. The van der Waals surface area contributed by atoms with Crippen LogP contribution in [-0.4, -0.2) is 22.1 Å². The molecule has 0 spiro atoms. The highest BCUT2D eigenvalue weighted by molar-refractivity contribution is 7.80. The minimum Gasteiger partial charge on any atom is -0.475 e. The highest BCUT2D eigenvalue weighted by atomic mass is 35.5. The minimum absolute atomic E-state index is 0.115. The molecule has 1 amide bonds. The Hall–Kier alpha value is -3.16. The fourth-order valence-electron chi connectivity index (χ4n) is 2.43. The molecule has 0 fully saturated rings. The summed E-state index contributed by atoms with van der Waals surface area (Å²) in [5.74, 6) is -1.38. The maximum atomic E-state index is 12.2. The topological polar surface area (TPSA) is 91.6 Å². The average Bonchev–Trinajstić information content (AvgIpc) is 3.14. The summed E-state index contributed by atoms with van der Waals surface area (Å²) in [7, 11) is 0. The number of carboxylic acid groups (broad SMARTS) is 1. The number of hydrogen-bond acceptors (Lipinski definition) is 4. The molecule has 1 aromatic heterocycles. The number of carbonyl (C=O) groups excluding carboxylic acids is 1. The number of aryl methyl sites for hydroxylation is 1. The normalized spacial score (nSPS) is 10.4. The number of benzene rings is 2. The van der Waals surface area contributed by atoms with E-state index in [-0.39, 0.29) is 16.8 Å². The Kier molecular flexibility index (Phi) is 5.77. The van der Waals surface area contributed by atoms with Gasteiger partial charge in [-0.25, -0.2) is 4.79 Å². The van der Waals surface area contributed by atoms with Gasteiger partial charge in [-0.2, -0.15) is 0 Å². The van der Waals surface area contributed by atoms with Crippen molar-refractivity contribution in [2.75, 3.05) is 5.32 Å². The zero-order valence-electron chi connectivity index (χ0n) is 14.7. The molecule has 0 bridgehead atoms. The summed E-state index contributed by atoms with van der Waals surface area (Å²) in [6, 6.07) is 14.9. The van der Waals surface area contributed by atoms with E-state index in [9.17, 15) is 9.59 Å². The summed E-state index contributed by atoms with van der Waals surface area (Å²) in [4.78, 5) is 23.2. The molecule has 0 saturated heterocycles. The van der Waals surface area contributed by atoms with Crippen molar-refractivity contribution in [1.29, 1.82) is 0 Å². The minimum atomic E-state index is -1.17. The third-order valence-corrected chi connectivity index (χ3v) is 4.38. The van der Waals surface area contributed by atoms with E-state index < -0.39 is 5.97 Å². The van der Waals surface area contributed by atoms with Gasteiger partial charge in [0.15, 0.2) is 5.11 Å². The van der Waals surface area contributed by atoms with E-state index in [0.717, 1.165) is 5.56 Å². The molecule has 0 aliphatic rings. The standard InChI is InChI=1S/C20H15ClN2O4S/c1-11-2-4-12(5-3-11)18(24)23-20(28)22-13-6-7-15(21)14(10-13)16-8-9-17(27-16)19(25)26/h2-10H,1H3,(H,25,26)(H2,22,23,24,28). The van der Waals surface area contributed by atoms with Crippen LogP contribution in [0.4, 0.5) is 5.69 Å². The van der Waals surface area contributed by atoms with Gasteiger partial charge in [0.25, 0.3) is 5.91 Å². The quantitative estimate of drug-likeness (QED) is 0.534. The first-order chi connectivity index (χ1) is 13.3. The van der Waals surface area contributed by atoms with Crippen LogP contribution >= 0.6 is 23.8 Å². The Morgan fingerprint density at radius 2 is 1.79 bits per heavy atom. The van der Waals surface area contributed by atoms with Crippen molar-refractivity contribution < 1.29 is 19.1 Å². The number of thiocarbonyl (C=S) groups is 1. The molecule has 2 aromatic carbocycles. The van der Waals surface area contributed by atoms with Crippen molar-refractivity contribution in [1.82, 2.24) is 5.32 Å². The molecule has 0 radical (unpaired) electrons. The fourth-order valence-corrected chi connectivity index (χ4v) is 2.85. The predicted octanol–water partition coefficient (Wildman–Crippen LogP) is 4.73. The second-order valence-corrected chi connectivity index (χ2v) is 6.75. The number of nitrogens with one attached hydrogen (secondary N) is 2. The molecule has 0 unspecified atom stereocenters. The monoisotopic (exact) mass is 414 g/mol. The van der Waals surface area contributed by atoms with Gasteiger partial charge >= 0.3 is 5.97 Å². The second kappa shape index (κ2) is 8.24. The van der Waals surface area contributed by atoms with E-state index in [4.69, 9.17) is 33.3 Å². The third-order valence-electron chi connectivity index (χ3n) is 3.85. The van der Waals surface area contributed by atoms with Crippen LogP contribution in [-0.2, 0) is 0 Å². The highest BCUT2D eigenvalue weighted by Crippen LogP contribution is 2.32. The average molecular weight is 415 g/mol. The lowest BCUT2D eigenvalue weighted by molar-refractivity contribution is 0.0663. The van der Waals surface area contributed by atoms with Crippen molar-refractivity contribution in [3.8, 4) is 11.3 Å².